The molecule has 0 unspecified atom stereocenters. The Morgan fingerprint density at radius 2 is 2.00 bits per heavy atom. The zero-order valence-corrected chi connectivity index (χ0v) is 15.8. The second kappa shape index (κ2) is 7.88. The number of hydrogen-bond donors (Lipinski definition) is 0. The van der Waals surface area contributed by atoms with Crippen LogP contribution in [0.25, 0.3) is 6.08 Å². The van der Waals surface area contributed by atoms with Crippen LogP contribution in [0.5, 0.6) is 11.5 Å². The third-order valence-corrected chi connectivity index (χ3v) is 4.99. The highest BCUT2D eigenvalue weighted by Gasteiger charge is 2.35. The maximum absolute atomic E-state index is 14.1. The monoisotopic (exact) mass is 389 g/mol. The number of nitrogens with zero attached hydrogens (tertiary/aromatic N) is 1. The lowest BCUT2D eigenvalue weighted by atomic mass is 10.1. The number of ether oxygens (including phenoxy) is 2. The van der Waals surface area contributed by atoms with Crippen LogP contribution in [-0.4, -0.2) is 23.9 Å². The van der Waals surface area contributed by atoms with Crippen molar-refractivity contribution in [3.05, 3.63) is 58.8 Å². The summed E-state index contributed by atoms with van der Waals surface area (Å²) < 4.78 is 25.4. The molecule has 0 aliphatic carbocycles. The van der Waals surface area contributed by atoms with Gasteiger partial charge in [-0.25, -0.2) is 4.39 Å². The number of carbonyl (C=O) groups excluding carboxylic acids is 1. The third-order valence-electron chi connectivity index (χ3n) is 3.69. The number of benzene rings is 2. The second-order valence-corrected chi connectivity index (χ2v) is 6.96. The molecule has 1 aliphatic heterocycles. The van der Waals surface area contributed by atoms with Gasteiger partial charge in [-0.2, -0.15) is 0 Å². The Balaban J connectivity index is 2.00. The van der Waals surface area contributed by atoms with Gasteiger partial charge >= 0.3 is 0 Å². The molecule has 1 saturated heterocycles. The molecule has 0 N–H and O–H groups in total. The van der Waals surface area contributed by atoms with Gasteiger partial charge in [0, 0.05) is 5.56 Å². The second-order valence-electron chi connectivity index (χ2n) is 5.28. The number of anilines is 1. The number of methoxy groups -OCH3 is 1. The molecule has 26 heavy (non-hydrogen) atoms. The predicted octanol–water partition coefficient (Wildman–Crippen LogP) is 4.64. The largest absolute Gasteiger partial charge is 0.493 e. The summed E-state index contributed by atoms with van der Waals surface area (Å²) in [6, 6.07) is 11.5. The molecular formula is C19H16FNO3S2. The summed E-state index contributed by atoms with van der Waals surface area (Å²) in [6.45, 7) is 2.32. The van der Waals surface area contributed by atoms with E-state index in [-0.39, 0.29) is 15.9 Å². The van der Waals surface area contributed by atoms with Crippen LogP contribution >= 0.6 is 24.0 Å². The Kier molecular flexibility index (Phi) is 5.58. The maximum Gasteiger partial charge on any atom is 0.270 e. The van der Waals surface area contributed by atoms with Crippen molar-refractivity contribution >= 4 is 46.0 Å². The first-order chi connectivity index (χ1) is 12.6. The van der Waals surface area contributed by atoms with Gasteiger partial charge in [0.1, 0.15) is 5.82 Å². The molecule has 1 aliphatic rings. The van der Waals surface area contributed by atoms with Gasteiger partial charge in [0.15, 0.2) is 15.8 Å². The van der Waals surface area contributed by atoms with Gasteiger partial charge in [-0.3, -0.25) is 9.69 Å². The summed E-state index contributed by atoms with van der Waals surface area (Å²) in [5.74, 6) is 0.260. The Hall–Kier alpha value is -2.38. The van der Waals surface area contributed by atoms with E-state index >= 15 is 0 Å². The number of rotatable bonds is 5. The number of thioether (sulfide) groups is 1. The lowest BCUT2D eigenvalue weighted by Gasteiger charge is -2.15. The van der Waals surface area contributed by atoms with Crippen LogP contribution in [0.3, 0.4) is 0 Å². The summed E-state index contributed by atoms with van der Waals surface area (Å²) in [5, 5.41) is 0. The molecule has 3 rings (SSSR count). The maximum atomic E-state index is 14.1. The fourth-order valence-electron chi connectivity index (χ4n) is 2.56. The highest BCUT2D eigenvalue weighted by atomic mass is 32.2. The van der Waals surface area contributed by atoms with Crippen molar-refractivity contribution < 1.29 is 18.7 Å². The van der Waals surface area contributed by atoms with Crippen LogP contribution in [0, 0.1) is 5.82 Å². The number of hydrogen-bond acceptors (Lipinski definition) is 5. The first-order valence-electron chi connectivity index (χ1n) is 7.89. The predicted molar refractivity (Wildman–Crippen MR) is 106 cm³/mol. The van der Waals surface area contributed by atoms with Gasteiger partial charge in [-0.05, 0) is 31.2 Å². The molecule has 4 nitrogen and oxygen atoms in total. The number of amides is 1. The number of para-hydroxylation sites is 2. The molecule has 0 aromatic heterocycles. The van der Waals surface area contributed by atoms with Crippen molar-refractivity contribution in [3.8, 4) is 11.5 Å². The van der Waals surface area contributed by atoms with Crippen LogP contribution < -0.4 is 14.4 Å². The quantitative estimate of drug-likeness (QED) is 0.550. The van der Waals surface area contributed by atoms with Crippen molar-refractivity contribution in [3.63, 3.8) is 0 Å². The molecule has 7 heteroatoms. The van der Waals surface area contributed by atoms with E-state index in [0.717, 1.165) is 11.8 Å². The molecular weight excluding hydrogens is 373 g/mol. The fourth-order valence-corrected chi connectivity index (χ4v) is 3.83. The van der Waals surface area contributed by atoms with E-state index in [0.29, 0.717) is 28.6 Å². The fraction of sp³-hybridized carbons (Fsp3) is 0.158. The highest BCUT2D eigenvalue weighted by molar-refractivity contribution is 8.27. The Labute approximate surface area is 160 Å². The number of halogens is 1. The molecule has 0 spiro atoms. The van der Waals surface area contributed by atoms with Crippen molar-refractivity contribution in [2.24, 2.45) is 0 Å². The molecule has 2 aromatic carbocycles. The van der Waals surface area contributed by atoms with Crippen molar-refractivity contribution in [2.75, 3.05) is 18.6 Å². The number of carbonyl (C=O) groups is 1. The minimum Gasteiger partial charge on any atom is -0.493 e. The Morgan fingerprint density at radius 3 is 2.69 bits per heavy atom. The van der Waals surface area contributed by atoms with Gasteiger partial charge in [0.2, 0.25) is 0 Å². The van der Waals surface area contributed by atoms with Crippen molar-refractivity contribution in [1.29, 1.82) is 0 Å². The minimum atomic E-state index is -0.499. The first-order valence-corrected chi connectivity index (χ1v) is 9.11. The standard InChI is InChI=1S/C19H16FNO3S2/c1-3-24-17-12(7-6-10-15(17)23-2)11-16-18(22)21(19(25)26-16)14-9-5-4-8-13(14)20/h4-11H,3H2,1-2H3/b16-11-. The molecule has 1 heterocycles. The molecule has 1 fully saturated rings. The summed E-state index contributed by atoms with van der Waals surface area (Å²) in [7, 11) is 1.55. The average Bonchev–Trinajstić information content (AvgIpc) is 2.91. The topological polar surface area (TPSA) is 38.8 Å². The van der Waals surface area contributed by atoms with E-state index in [9.17, 15) is 9.18 Å². The number of thiocarbonyl (C=S) groups is 1. The van der Waals surface area contributed by atoms with Gasteiger partial charge in [0.05, 0.1) is 24.3 Å². The first kappa shape index (κ1) is 18.4. The van der Waals surface area contributed by atoms with E-state index < -0.39 is 5.82 Å². The van der Waals surface area contributed by atoms with Crippen LogP contribution in [-0.2, 0) is 4.79 Å². The zero-order chi connectivity index (χ0) is 18.7. The van der Waals surface area contributed by atoms with Crippen molar-refractivity contribution in [2.45, 2.75) is 6.92 Å². The molecule has 0 bridgehead atoms. The van der Waals surface area contributed by atoms with Gasteiger partial charge in [0.25, 0.3) is 5.91 Å². The van der Waals surface area contributed by atoms with E-state index in [1.54, 1.807) is 31.4 Å². The Bertz CT molecular complexity index is 898. The van der Waals surface area contributed by atoms with E-state index in [2.05, 4.69) is 0 Å². The molecule has 1 amide bonds. The average molecular weight is 389 g/mol. The summed E-state index contributed by atoms with van der Waals surface area (Å²) in [5.41, 5.74) is 0.842. The normalized spacial score (nSPS) is 15.7. The van der Waals surface area contributed by atoms with Crippen molar-refractivity contribution in [1.82, 2.24) is 0 Å². The van der Waals surface area contributed by atoms with Gasteiger partial charge < -0.3 is 9.47 Å². The van der Waals surface area contributed by atoms with Crippen LogP contribution in [0.15, 0.2) is 47.4 Å². The summed E-state index contributed by atoms with van der Waals surface area (Å²) >= 11 is 6.42. The smallest absolute Gasteiger partial charge is 0.270 e. The van der Waals surface area contributed by atoms with E-state index in [1.807, 2.05) is 19.1 Å². The Morgan fingerprint density at radius 1 is 1.23 bits per heavy atom. The van der Waals surface area contributed by atoms with Crippen LogP contribution in [0.4, 0.5) is 10.1 Å². The molecule has 134 valence electrons. The SMILES string of the molecule is CCOc1c(/C=C2\SC(=S)N(c3ccccc3F)C2=O)cccc1OC. The summed E-state index contributed by atoms with van der Waals surface area (Å²) in [6.07, 6.45) is 1.69. The third kappa shape index (κ3) is 3.45. The summed E-state index contributed by atoms with van der Waals surface area (Å²) in [4.78, 5) is 14.4. The van der Waals surface area contributed by atoms with E-state index in [4.69, 9.17) is 21.7 Å². The zero-order valence-electron chi connectivity index (χ0n) is 14.2. The van der Waals surface area contributed by atoms with Crippen LogP contribution in [0.1, 0.15) is 12.5 Å². The lowest BCUT2D eigenvalue weighted by molar-refractivity contribution is -0.113. The lowest BCUT2D eigenvalue weighted by Crippen LogP contribution is -2.28. The molecule has 0 saturated carbocycles. The molecule has 0 radical (unpaired) electrons. The molecule has 2 aromatic rings. The van der Waals surface area contributed by atoms with Crippen LogP contribution in [0.2, 0.25) is 0 Å². The van der Waals surface area contributed by atoms with Gasteiger partial charge in [-0.1, -0.05) is 48.2 Å². The minimum absolute atomic E-state index is 0.147. The molecule has 0 atom stereocenters. The van der Waals surface area contributed by atoms with E-state index in [1.165, 1.54) is 17.0 Å². The van der Waals surface area contributed by atoms with Gasteiger partial charge in [-0.15, -0.1) is 0 Å². The highest BCUT2D eigenvalue weighted by Crippen LogP contribution is 2.39.